The van der Waals surface area contributed by atoms with Gasteiger partial charge in [0.15, 0.2) is 0 Å². The number of nitrogens with zero attached hydrogens (tertiary/aromatic N) is 1. The van der Waals surface area contributed by atoms with Crippen molar-refractivity contribution in [1.29, 1.82) is 0 Å². The number of carbonyl (C=O) groups excluding carboxylic acids is 1. The van der Waals surface area contributed by atoms with Gasteiger partial charge in [0.05, 0.1) is 32.3 Å². The number of sulfonamides is 1. The SMILES string of the molecule is COc1ccc(NS(=O)(=O)c2cccc(C(=O)N3CCC[C@H]3c3cc(OC)ccc3OC)c2)cc1. The zero-order valence-corrected chi connectivity index (χ0v) is 20.7. The minimum atomic E-state index is -3.90. The Morgan fingerprint density at radius 1 is 0.914 bits per heavy atom. The number of methoxy groups -OCH3 is 3. The number of hydrogen-bond acceptors (Lipinski definition) is 6. The Kier molecular flexibility index (Phi) is 7.16. The highest BCUT2D eigenvalue weighted by Gasteiger charge is 2.33. The van der Waals surface area contributed by atoms with E-state index in [0.717, 1.165) is 18.4 Å². The summed E-state index contributed by atoms with van der Waals surface area (Å²) < 4.78 is 44.5. The van der Waals surface area contributed by atoms with Crippen molar-refractivity contribution in [3.63, 3.8) is 0 Å². The first-order valence-electron chi connectivity index (χ1n) is 11.2. The molecule has 0 bridgehead atoms. The third kappa shape index (κ3) is 5.19. The second-order valence-corrected chi connectivity index (χ2v) is 9.81. The summed E-state index contributed by atoms with van der Waals surface area (Å²) in [5.74, 6) is 1.74. The quantitative estimate of drug-likeness (QED) is 0.494. The van der Waals surface area contributed by atoms with E-state index >= 15 is 0 Å². The molecule has 1 fully saturated rings. The third-order valence-electron chi connectivity index (χ3n) is 6.04. The van der Waals surface area contributed by atoms with Crippen LogP contribution in [-0.2, 0) is 10.0 Å². The van der Waals surface area contributed by atoms with E-state index in [4.69, 9.17) is 14.2 Å². The van der Waals surface area contributed by atoms with Gasteiger partial charge in [0.25, 0.3) is 15.9 Å². The highest BCUT2D eigenvalue weighted by Crippen LogP contribution is 2.39. The third-order valence-corrected chi connectivity index (χ3v) is 7.42. The normalized spacial score (nSPS) is 15.5. The zero-order valence-electron chi connectivity index (χ0n) is 19.9. The van der Waals surface area contributed by atoms with Crippen molar-refractivity contribution in [3.8, 4) is 17.2 Å². The monoisotopic (exact) mass is 496 g/mol. The van der Waals surface area contributed by atoms with Crippen LogP contribution >= 0.6 is 0 Å². The first-order valence-corrected chi connectivity index (χ1v) is 12.6. The molecule has 4 rings (SSSR count). The standard InChI is InChI=1S/C26H28N2O6S/c1-32-20-11-9-19(10-12-20)27-35(30,31)22-7-4-6-18(16-22)26(29)28-15-5-8-24(28)23-17-21(33-2)13-14-25(23)34-3/h4,6-7,9-14,16-17,24,27H,5,8,15H2,1-3H3/t24-/m0/s1. The summed E-state index contributed by atoms with van der Waals surface area (Å²) in [5.41, 5.74) is 1.56. The van der Waals surface area contributed by atoms with Crippen LogP contribution in [0.3, 0.4) is 0 Å². The van der Waals surface area contributed by atoms with Gasteiger partial charge in [-0.1, -0.05) is 6.07 Å². The first-order chi connectivity index (χ1) is 16.9. The lowest BCUT2D eigenvalue weighted by molar-refractivity contribution is 0.0733. The van der Waals surface area contributed by atoms with Crippen molar-refractivity contribution in [1.82, 2.24) is 4.90 Å². The maximum absolute atomic E-state index is 13.5. The molecule has 35 heavy (non-hydrogen) atoms. The Bertz CT molecular complexity index is 1310. The maximum atomic E-state index is 13.5. The van der Waals surface area contributed by atoms with E-state index < -0.39 is 10.0 Å². The van der Waals surface area contributed by atoms with Gasteiger partial charge < -0.3 is 19.1 Å². The lowest BCUT2D eigenvalue weighted by Gasteiger charge is -2.27. The summed E-state index contributed by atoms with van der Waals surface area (Å²) in [5, 5.41) is 0. The molecule has 9 heteroatoms. The maximum Gasteiger partial charge on any atom is 0.261 e. The van der Waals surface area contributed by atoms with Gasteiger partial charge in [-0.15, -0.1) is 0 Å². The zero-order chi connectivity index (χ0) is 25.0. The summed E-state index contributed by atoms with van der Waals surface area (Å²) in [7, 11) is 0.829. The fourth-order valence-corrected chi connectivity index (χ4v) is 5.37. The molecule has 1 heterocycles. The van der Waals surface area contributed by atoms with E-state index in [2.05, 4.69) is 4.72 Å². The van der Waals surface area contributed by atoms with Gasteiger partial charge in [-0.3, -0.25) is 9.52 Å². The molecule has 1 aliphatic rings. The Morgan fingerprint density at radius 3 is 2.31 bits per heavy atom. The Morgan fingerprint density at radius 2 is 1.63 bits per heavy atom. The van der Waals surface area contributed by atoms with Crippen LogP contribution in [0.5, 0.6) is 17.2 Å². The van der Waals surface area contributed by atoms with Crippen LogP contribution in [0.2, 0.25) is 0 Å². The largest absolute Gasteiger partial charge is 0.497 e. The summed E-state index contributed by atoms with van der Waals surface area (Å²) in [6, 6.07) is 18.0. The second-order valence-electron chi connectivity index (χ2n) is 8.13. The van der Waals surface area contributed by atoms with E-state index in [-0.39, 0.29) is 16.8 Å². The summed E-state index contributed by atoms with van der Waals surface area (Å²) >= 11 is 0. The molecule has 8 nitrogen and oxygen atoms in total. The van der Waals surface area contributed by atoms with Gasteiger partial charge >= 0.3 is 0 Å². The molecule has 0 aromatic heterocycles. The predicted octanol–water partition coefficient (Wildman–Crippen LogP) is 4.49. The number of hydrogen-bond donors (Lipinski definition) is 1. The highest BCUT2D eigenvalue weighted by molar-refractivity contribution is 7.92. The van der Waals surface area contributed by atoms with Crippen molar-refractivity contribution < 1.29 is 27.4 Å². The summed E-state index contributed by atoms with van der Waals surface area (Å²) in [6.45, 7) is 0.560. The van der Waals surface area contributed by atoms with E-state index in [1.54, 1.807) is 55.5 Å². The number of amides is 1. The van der Waals surface area contributed by atoms with Crippen LogP contribution < -0.4 is 18.9 Å². The molecule has 3 aromatic rings. The van der Waals surface area contributed by atoms with Crippen molar-refractivity contribution in [2.75, 3.05) is 32.6 Å². The first kappa shape index (κ1) is 24.4. The van der Waals surface area contributed by atoms with Crippen LogP contribution in [0.4, 0.5) is 5.69 Å². The lowest BCUT2D eigenvalue weighted by atomic mass is 10.0. The molecular formula is C26H28N2O6S. The van der Waals surface area contributed by atoms with Crippen LogP contribution in [0.15, 0.2) is 71.6 Å². The number of benzene rings is 3. The van der Waals surface area contributed by atoms with E-state index in [0.29, 0.717) is 35.0 Å². The predicted molar refractivity (Wildman–Crippen MR) is 133 cm³/mol. The molecule has 0 spiro atoms. The number of rotatable bonds is 8. The molecule has 3 aromatic carbocycles. The number of anilines is 1. The molecule has 1 N–H and O–H groups in total. The summed E-state index contributed by atoms with van der Waals surface area (Å²) in [6.07, 6.45) is 1.60. The highest BCUT2D eigenvalue weighted by atomic mass is 32.2. The summed E-state index contributed by atoms with van der Waals surface area (Å²) in [4.78, 5) is 15.3. The topological polar surface area (TPSA) is 94.2 Å². The fourth-order valence-electron chi connectivity index (χ4n) is 4.27. The molecule has 1 aliphatic heterocycles. The van der Waals surface area contributed by atoms with E-state index in [9.17, 15) is 13.2 Å². The van der Waals surface area contributed by atoms with Gasteiger partial charge in [0, 0.05) is 23.4 Å². The van der Waals surface area contributed by atoms with E-state index in [1.165, 1.54) is 19.2 Å². The molecule has 1 atom stereocenters. The Labute approximate surface area is 205 Å². The fraction of sp³-hybridized carbons (Fsp3) is 0.269. The molecule has 0 saturated carbocycles. The van der Waals surface area contributed by atoms with Crippen LogP contribution in [-0.4, -0.2) is 47.1 Å². The molecule has 184 valence electrons. The average Bonchev–Trinajstić information content (AvgIpc) is 3.38. The van der Waals surface area contributed by atoms with Crippen molar-refractivity contribution in [3.05, 3.63) is 77.9 Å². The number of carbonyl (C=O) groups is 1. The molecule has 1 saturated heterocycles. The molecule has 0 radical (unpaired) electrons. The molecule has 1 amide bonds. The van der Waals surface area contributed by atoms with E-state index in [1.807, 2.05) is 18.2 Å². The molecule has 0 unspecified atom stereocenters. The number of nitrogens with one attached hydrogen (secondary N) is 1. The van der Waals surface area contributed by atoms with Crippen molar-refractivity contribution in [2.45, 2.75) is 23.8 Å². The minimum absolute atomic E-state index is 0.00822. The smallest absolute Gasteiger partial charge is 0.261 e. The number of ether oxygens (including phenoxy) is 3. The van der Waals surface area contributed by atoms with Crippen LogP contribution in [0.25, 0.3) is 0 Å². The van der Waals surface area contributed by atoms with Gasteiger partial charge in [-0.2, -0.15) is 0 Å². The van der Waals surface area contributed by atoms with Gasteiger partial charge in [-0.25, -0.2) is 8.42 Å². The van der Waals surface area contributed by atoms with Gasteiger partial charge in [-0.05, 0) is 73.5 Å². The Balaban J connectivity index is 1.59. The molecular weight excluding hydrogens is 468 g/mol. The van der Waals surface area contributed by atoms with Gasteiger partial charge in [0.1, 0.15) is 17.2 Å². The van der Waals surface area contributed by atoms with Crippen molar-refractivity contribution >= 4 is 21.6 Å². The second kappa shape index (κ2) is 10.3. The van der Waals surface area contributed by atoms with Crippen LogP contribution in [0, 0.1) is 0 Å². The average molecular weight is 497 g/mol. The lowest BCUT2D eigenvalue weighted by Crippen LogP contribution is -2.31. The minimum Gasteiger partial charge on any atom is -0.497 e. The Hall–Kier alpha value is -3.72. The molecule has 0 aliphatic carbocycles. The van der Waals surface area contributed by atoms with Crippen LogP contribution in [0.1, 0.15) is 34.8 Å². The number of likely N-dealkylation sites (tertiary alicyclic amines) is 1. The van der Waals surface area contributed by atoms with Gasteiger partial charge in [0.2, 0.25) is 0 Å². The van der Waals surface area contributed by atoms with Crippen molar-refractivity contribution in [2.24, 2.45) is 0 Å².